The monoisotopic (exact) mass is 273 g/mol. The second-order valence-electron chi connectivity index (χ2n) is 5.12. The van der Waals surface area contributed by atoms with Gasteiger partial charge in [-0.05, 0) is 32.8 Å². The first kappa shape index (κ1) is 12.9. The smallest absolute Gasteiger partial charge is 0.269 e. The second kappa shape index (κ2) is 5.11. The van der Waals surface area contributed by atoms with Gasteiger partial charge in [-0.3, -0.25) is 9.48 Å². The van der Waals surface area contributed by atoms with E-state index in [9.17, 15) is 4.79 Å². The van der Waals surface area contributed by atoms with Gasteiger partial charge in [0.15, 0.2) is 0 Å². The maximum atomic E-state index is 12.1. The quantitative estimate of drug-likeness (QED) is 0.912. The maximum Gasteiger partial charge on any atom is 0.269 e. The summed E-state index contributed by atoms with van der Waals surface area (Å²) in [5.41, 5.74) is 3.78. The van der Waals surface area contributed by atoms with Crippen LogP contribution in [0, 0.1) is 6.92 Å². The molecule has 6 nitrogen and oxygen atoms in total. The second-order valence-corrected chi connectivity index (χ2v) is 5.12. The highest BCUT2D eigenvalue weighted by molar-refractivity contribution is 5.48. The van der Waals surface area contributed by atoms with Crippen molar-refractivity contribution in [2.75, 3.05) is 11.9 Å². The normalized spacial score (nSPS) is 13.9. The van der Waals surface area contributed by atoms with E-state index in [0.717, 1.165) is 48.7 Å². The highest BCUT2D eigenvalue weighted by atomic mass is 16.1. The summed E-state index contributed by atoms with van der Waals surface area (Å²) in [5.74, 6) is 0. The molecule has 0 bridgehead atoms. The average molecular weight is 273 g/mol. The van der Waals surface area contributed by atoms with Gasteiger partial charge in [-0.1, -0.05) is 0 Å². The van der Waals surface area contributed by atoms with Crippen LogP contribution in [0.3, 0.4) is 0 Å². The van der Waals surface area contributed by atoms with Crippen LogP contribution in [0.25, 0.3) is 0 Å². The number of nitrogens with zero attached hydrogens (tertiary/aromatic N) is 4. The number of aromatic nitrogens is 4. The van der Waals surface area contributed by atoms with Gasteiger partial charge in [-0.15, -0.1) is 0 Å². The lowest BCUT2D eigenvalue weighted by Gasteiger charge is -2.17. The molecule has 106 valence electrons. The molecule has 0 radical (unpaired) electrons. The first-order chi connectivity index (χ1) is 9.67. The van der Waals surface area contributed by atoms with Crippen molar-refractivity contribution in [1.29, 1.82) is 0 Å². The Morgan fingerprint density at radius 3 is 2.95 bits per heavy atom. The van der Waals surface area contributed by atoms with E-state index in [1.54, 1.807) is 6.07 Å². The molecule has 3 heterocycles. The standard InChI is InChI=1S/C14H19N5O/c1-3-18-11(7-10(2)16-18)9-19-14(20)8-13-12(17-19)5-4-6-15-13/h7-8,15H,3-6,9H2,1-2H3. The van der Waals surface area contributed by atoms with Crippen molar-refractivity contribution in [2.45, 2.75) is 39.8 Å². The molecular formula is C14H19N5O. The van der Waals surface area contributed by atoms with Gasteiger partial charge in [0, 0.05) is 19.2 Å². The Morgan fingerprint density at radius 1 is 1.30 bits per heavy atom. The van der Waals surface area contributed by atoms with Crippen LogP contribution in [0.1, 0.15) is 30.4 Å². The van der Waals surface area contributed by atoms with Crippen molar-refractivity contribution >= 4 is 5.69 Å². The van der Waals surface area contributed by atoms with Gasteiger partial charge >= 0.3 is 0 Å². The summed E-state index contributed by atoms with van der Waals surface area (Å²) in [4.78, 5) is 12.1. The summed E-state index contributed by atoms with van der Waals surface area (Å²) in [5, 5.41) is 12.1. The molecule has 0 aromatic carbocycles. The molecule has 0 aliphatic carbocycles. The Kier molecular flexibility index (Phi) is 3.30. The van der Waals surface area contributed by atoms with E-state index >= 15 is 0 Å². The largest absolute Gasteiger partial charge is 0.383 e. The highest BCUT2D eigenvalue weighted by Crippen LogP contribution is 2.17. The van der Waals surface area contributed by atoms with Crippen molar-refractivity contribution < 1.29 is 0 Å². The molecule has 0 atom stereocenters. The lowest BCUT2D eigenvalue weighted by atomic mass is 10.1. The van der Waals surface area contributed by atoms with Crippen molar-refractivity contribution in [3.05, 3.63) is 39.6 Å². The minimum Gasteiger partial charge on any atom is -0.383 e. The lowest BCUT2D eigenvalue weighted by Crippen LogP contribution is -2.28. The summed E-state index contributed by atoms with van der Waals surface area (Å²) in [6.07, 6.45) is 1.99. The fourth-order valence-electron chi connectivity index (χ4n) is 2.61. The molecule has 0 unspecified atom stereocenters. The van der Waals surface area contributed by atoms with Crippen LogP contribution in [-0.2, 0) is 19.5 Å². The lowest BCUT2D eigenvalue weighted by molar-refractivity contribution is 0.549. The molecule has 1 N–H and O–H groups in total. The van der Waals surface area contributed by atoms with E-state index in [0.29, 0.717) is 6.54 Å². The number of hydrogen-bond donors (Lipinski definition) is 1. The third kappa shape index (κ3) is 2.33. The van der Waals surface area contributed by atoms with E-state index in [1.807, 2.05) is 24.6 Å². The molecule has 1 aliphatic rings. The van der Waals surface area contributed by atoms with Gasteiger partial charge in [-0.2, -0.15) is 10.2 Å². The summed E-state index contributed by atoms with van der Waals surface area (Å²) >= 11 is 0. The fourth-order valence-corrected chi connectivity index (χ4v) is 2.61. The van der Waals surface area contributed by atoms with Crippen LogP contribution in [-0.4, -0.2) is 26.1 Å². The van der Waals surface area contributed by atoms with E-state index in [1.165, 1.54) is 4.68 Å². The van der Waals surface area contributed by atoms with Crippen LogP contribution in [0.5, 0.6) is 0 Å². The first-order valence-electron chi connectivity index (χ1n) is 7.05. The number of rotatable bonds is 3. The Balaban J connectivity index is 1.96. The molecule has 1 aliphatic heterocycles. The van der Waals surface area contributed by atoms with Gasteiger partial charge in [0.25, 0.3) is 5.56 Å². The molecule has 6 heteroatoms. The minimum absolute atomic E-state index is 0.0698. The Morgan fingerprint density at radius 2 is 2.15 bits per heavy atom. The van der Waals surface area contributed by atoms with E-state index < -0.39 is 0 Å². The number of nitrogens with one attached hydrogen (secondary N) is 1. The van der Waals surface area contributed by atoms with Gasteiger partial charge in [0.2, 0.25) is 0 Å². The molecule has 0 fully saturated rings. The molecule has 0 amide bonds. The first-order valence-corrected chi connectivity index (χ1v) is 7.05. The number of fused-ring (bicyclic) bond motifs is 1. The molecular weight excluding hydrogens is 254 g/mol. The molecule has 0 spiro atoms. The van der Waals surface area contributed by atoms with Crippen LogP contribution in [0.15, 0.2) is 16.9 Å². The van der Waals surface area contributed by atoms with Crippen LogP contribution >= 0.6 is 0 Å². The molecule has 0 saturated heterocycles. The Hall–Kier alpha value is -2.11. The van der Waals surface area contributed by atoms with Gasteiger partial charge < -0.3 is 5.32 Å². The van der Waals surface area contributed by atoms with E-state index in [4.69, 9.17) is 0 Å². The zero-order valence-electron chi connectivity index (χ0n) is 11.9. The molecule has 0 saturated carbocycles. The van der Waals surface area contributed by atoms with E-state index in [2.05, 4.69) is 15.5 Å². The maximum absolute atomic E-state index is 12.1. The zero-order chi connectivity index (χ0) is 14.1. The van der Waals surface area contributed by atoms with Crippen molar-refractivity contribution in [3.63, 3.8) is 0 Å². The number of hydrogen-bond acceptors (Lipinski definition) is 4. The van der Waals surface area contributed by atoms with Crippen LogP contribution in [0.2, 0.25) is 0 Å². The summed E-state index contributed by atoms with van der Waals surface area (Å²) in [7, 11) is 0. The fraction of sp³-hybridized carbons (Fsp3) is 0.500. The Bertz CT molecular complexity index is 685. The SMILES string of the molecule is CCn1nc(C)cc1Cn1nc2c(cc1=O)NCCC2. The highest BCUT2D eigenvalue weighted by Gasteiger charge is 2.14. The third-order valence-corrected chi connectivity index (χ3v) is 3.58. The minimum atomic E-state index is -0.0698. The summed E-state index contributed by atoms with van der Waals surface area (Å²) < 4.78 is 3.45. The van der Waals surface area contributed by atoms with Gasteiger partial charge in [-0.25, -0.2) is 4.68 Å². The van der Waals surface area contributed by atoms with Crippen LogP contribution < -0.4 is 10.9 Å². The summed E-state index contributed by atoms with van der Waals surface area (Å²) in [6.45, 7) is 6.19. The van der Waals surface area contributed by atoms with Gasteiger partial charge in [0.1, 0.15) is 0 Å². The third-order valence-electron chi connectivity index (χ3n) is 3.58. The van der Waals surface area contributed by atoms with Crippen molar-refractivity contribution in [2.24, 2.45) is 0 Å². The van der Waals surface area contributed by atoms with E-state index in [-0.39, 0.29) is 5.56 Å². The molecule has 2 aromatic heterocycles. The van der Waals surface area contributed by atoms with Crippen molar-refractivity contribution in [3.8, 4) is 0 Å². The Labute approximate surface area is 117 Å². The van der Waals surface area contributed by atoms with Gasteiger partial charge in [0.05, 0.1) is 29.3 Å². The molecule has 2 aromatic rings. The zero-order valence-corrected chi connectivity index (χ0v) is 11.9. The van der Waals surface area contributed by atoms with Crippen LogP contribution in [0.4, 0.5) is 5.69 Å². The molecule has 3 rings (SSSR count). The van der Waals surface area contributed by atoms with Crippen molar-refractivity contribution in [1.82, 2.24) is 19.6 Å². The number of anilines is 1. The number of aryl methyl sites for hydroxylation is 3. The predicted molar refractivity (Wildman–Crippen MR) is 77.0 cm³/mol. The predicted octanol–water partition coefficient (Wildman–Crippen LogP) is 1.17. The topological polar surface area (TPSA) is 64.7 Å². The molecule has 20 heavy (non-hydrogen) atoms. The summed E-state index contributed by atoms with van der Waals surface area (Å²) in [6, 6.07) is 3.66. The average Bonchev–Trinajstić information content (AvgIpc) is 2.79.